The Kier molecular flexibility index (Phi) is 5.75. The molecule has 0 spiro atoms. The monoisotopic (exact) mass is 369 g/mol. The van der Waals surface area contributed by atoms with Crippen LogP contribution in [0.3, 0.4) is 0 Å². The van der Waals surface area contributed by atoms with Crippen LogP contribution in [-0.4, -0.2) is 40.1 Å². The van der Waals surface area contributed by atoms with Crippen LogP contribution in [0.4, 0.5) is 0 Å². The minimum atomic E-state index is -0.221. The molecule has 0 aliphatic rings. The molecule has 2 heterocycles. The number of nitrogens with one attached hydrogen (secondary N) is 3. The zero-order valence-corrected chi connectivity index (χ0v) is 15.1. The fourth-order valence-corrected chi connectivity index (χ4v) is 2.96. The van der Waals surface area contributed by atoms with Gasteiger partial charge in [-0.05, 0) is 19.4 Å². The number of rotatable bonds is 7. The minimum absolute atomic E-state index is 0.184. The van der Waals surface area contributed by atoms with Gasteiger partial charge in [0, 0.05) is 23.5 Å². The number of aryl methyl sites for hydroxylation is 1. The number of amides is 2. The molecule has 3 aromatic rings. The molecule has 0 aliphatic carbocycles. The Bertz CT molecular complexity index is 888. The van der Waals surface area contributed by atoms with E-state index in [1.165, 1.54) is 11.3 Å². The fraction of sp³-hybridized carbons (Fsp3) is 0.222. The molecular weight excluding hydrogens is 350 g/mol. The van der Waals surface area contributed by atoms with E-state index in [0.717, 1.165) is 16.1 Å². The van der Waals surface area contributed by atoms with Gasteiger partial charge in [0.05, 0.1) is 11.2 Å². The Morgan fingerprint density at radius 3 is 2.54 bits per heavy atom. The lowest BCUT2D eigenvalue weighted by Crippen LogP contribution is -2.30. The molecular formula is C18H19N5O2S. The molecule has 1 aromatic carbocycles. The van der Waals surface area contributed by atoms with E-state index in [1.807, 2.05) is 37.3 Å². The SMILES string of the molecule is Cc1scnc1C(=O)NCCCNC(=O)c1cc(-c2ccccc2)n[nH]1. The highest BCUT2D eigenvalue weighted by atomic mass is 32.1. The van der Waals surface area contributed by atoms with Gasteiger partial charge < -0.3 is 10.6 Å². The predicted octanol–water partition coefficient (Wildman–Crippen LogP) is 2.39. The van der Waals surface area contributed by atoms with Gasteiger partial charge in [-0.25, -0.2) is 4.98 Å². The number of hydrogen-bond acceptors (Lipinski definition) is 5. The van der Waals surface area contributed by atoms with E-state index in [4.69, 9.17) is 0 Å². The van der Waals surface area contributed by atoms with Gasteiger partial charge in [0.15, 0.2) is 0 Å². The summed E-state index contributed by atoms with van der Waals surface area (Å²) in [7, 11) is 0. The largest absolute Gasteiger partial charge is 0.351 e. The summed E-state index contributed by atoms with van der Waals surface area (Å²) >= 11 is 1.44. The normalized spacial score (nSPS) is 10.5. The highest BCUT2D eigenvalue weighted by molar-refractivity contribution is 7.09. The third kappa shape index (κ3) is 4.34. The molecule has 7 nitrogen and oxygen atoms in total. The van der Waals surface area contributed by atoms with Crippen LogP contribution in [0.5, 0.6) is 0 Å². The summed E-state index contributed by atoms with van der Waals surface area (Å²) in [5.74, 6) is -0.405. The van der Waals surface area contributed by atoms with Gasteiger partial charge in [0.2, 0.25) is 0 Å². The number of carbonyl (C=O) groups is 2. The van der Waals surface area contributed by atoms with Gasteiger partial charge in [0.25, 0.3) is 11.8 Å². The summed E-state index contributed by atoms with van der Waals surface area (Å²) < 4.78 is 0. The molecule has 3 N–H and O–H groups in total. The van der Waals surface area contributed by atoms with E-state index >= 15 is 0 Å². The van der Waals surface area contributed by atoms with E-state index in [0.29, 0.717) is 30.9 Å². The third-order valence-corrected chi connectivity index (χ3v) is 4.53. The van der Waals surface area contributed by atoms with Crippen molar-refractivity contribution in [1.82, 2.24) is 25.8 Å². The van der Waals surface area contributed by atoms with Crippen molar-refractivity contribution in [2.75, 3.05) is 13.1 Å². The molecule has 0 saturated heterocycles. The Hall–Kier alpha value is -3.00. The summed E-state index contributed by atoms with van der Waals surface area (Å²) in [5, 5.41) is 12.5. The number of hydrogen-bond donors (Lipinski definition) is 3. The van der Waals surface area contributed by atoms with Gasteiger partial charge in [0.1, 0.15) is 11.4 Å². The Balaban J connectivity index is 1.41. The average molecular weight is 369 g/mol. The lowest BCUT2D eigenvalue weighted by atomic mass is 10.1. The summed E-state index contributed by atoms with van der Waals surface area (Å²) in [5.41, 5.74) is 4.19. The maximum Gasteiger partial charge on any atom is 0.271 e. The van der Waals surface area contributed by atoms with Crippen molar-refractivity contribution in [3.05, 3.63) is 58.2 Å². The van der Waals surface area contributed by atoms with Gasteiger partial charge in [-0.3, -0.25) is 14.7 Å². The highest BCUT2D eigenvalue weighted by Gasteiger charge is 2.12. The number of thiazole rings is 1. The fourth-order valence-electron chi connectivity index (χ4n) is 2.39. The standard InChI is InChI=1S/C18H19N5O2S/c1-12-16(21-11-26-12)18(25)20-9-5-8-19-17(24)15-10-14(22-23-15)13-6-3-2-4-7-13/h2-4,6-7,10-11H,5,8-9H2,1H3,(H,19,24)(H,20,25)(H,22,23). The first kappa shape index (κ1) is 17.8. The molecule has 0 fully saturated rings. The van der Waals surface area contributed by atoms with E-state index < -0.39 is 0 Å². The Morgan fingerprint density at radius 1 is 1.12 bits per heavy atom. The average Bonchev–Trinajstić information content (AvgIpc) is 3.31. The van der Waals surface area contributed by atoms with Crippen LogP contribution >= 0.6 is 11.3 Å². The van der Waals surface area contributed by atoms with Crippen LogP contribution in [0.2, 0.25) is 0 Å². The second-order valence-electron chi connectivity index (χ2n) is 5.66. The summed E-state index contributed by atoms with van der Waals surface area (Å²) in [4.78, 5) is 29.0. The molecule has 2 aromatic heterocycles. The molecule has 0 unspecified atom stereocenters. The van der Waals surface area contributed by atoms with Crippen LogP contribution in [-0.2, 0) is 0 Å². The van der Waals surface area contributed by atoms with Crippen LogP contribution in [0, 0.1) is 6.92 Å². The smallest absolute Gasteiger partial charge is 0.271 e. The topological polar surface area (TPSA) is 99.8 Å². The van der Waals surface area contributed by atoms with Crippen LogP contribution in [0.15, 0.2) is 41.9 Å². The molecule has 0 saturated carbocycles. The molecule has 134 valence electrons. The van der Waals surface area contributed by atoms with Crippen molar-refractivity contribution in [3.63, 3.8) is 0 Å². The molecule has 0 radical (unpaired) electrons. The number of nitrogens with zero attached hydrogens (tertiary/aromatic N) is 2. The molecule has 0 atom stereocenters. The van der Waals surface area contributed by atoms with Crippen LogP contribution in [0.1, 0.15) is 32.3 Å². The molecule has 0 bridgehead atoms. The molecule has 8 heteroatoms. The molecule has 3 rings (SSSR count). The quantitative estimate of drug-likeness (QED) is 0.557. The first-order chi connectivity index (χ1) is 12.6. The summed E-state index contributed by atoms with van der Waals surface area (Å²) in [6.07, 6.45) is 0.625. The van der Waals surface area contributed by atoms with E-state index in [9.17, 15) is 9.59 Å². The van der Waals surface area contributed by atoms with Crippen molar-refractivity contribution in [2.24, 2.45) is 0 Å². The van der Waals surface area contributed by atoms with Crippen molar-refractivity contribution in [3.8, 4) is 11.3 Å². The second-order valence-corrected chi connectivity index (χ2v) is 6.71. The van der Waals surface area contributed by atoms with E-state index in [2.05, 4.69) is 25.8 Å². The van der Waals surface area contributed by atoms with Crippen molar-refractivity contribution >= 4 is 23.2 Å². The van der Waals surface area contributed by atoms with Crippen LogP contribution in [0.25, 0.3) is 11.3 Å². The predicted molar refractivity (Wildman–Crippen MR) is 100 cm³/mol. The molecule has 0 aliphatic heterocycles. The van der Waals surface area contributed by atoms with Gasteiger partial charge in [-0.1, -0.05) is 30.3 Å². The highest BCUT2D eigenvalue weighted by Crippen LogP contribution is 2.16. The maximum absolute atomic E-state index is 12.1. The summed E-state index contributed by atoms with van der Waals surface area (Å²) in [6.45, 7) is 2.78. The third-order valence-electron chi connectivity index (χ3n) is 3.78. The summed E-state index contributed by atoms with van der Waals surface area (Å²) in [6, 6.07) is 11.4. The number of H-pyrrole nitrogens is 1. The maximum atomic E-state index is 12.1. The lowest BCUT2D eigenvalue weighted by molar-refractivity contribution is 0.0946. The van der Waals surface area contributed by atoms with Crippen molar-refractivity contribution in [1.29, 1.82) is 0 Å². The van der Waals surface area contributed by atoms with Gasteiger partial charge in [-0.2, -0.15) is 5.10 Å². The number of carbonyl (C=O) groups excluding carboxylic acids is 2. The Labute approximate surface area is 154 Å². The van der Waals surface area contributed by atoms with Gasteiger partial charge >= 0.3 is 0 Å². The Morgan fingerprint density at radius 2 is 1.85 bits per heavy atom. The lowest BCUT2D eigenvalue weighted by Gasteiger charge is -2.05. The molecule has 26 heavy (non-hydrogen) atoms. The zero-order chi connectivity index (χ0) is 18.4. The number of aromatic amines is 1. The van der Waals surface area contributed by atoms with Gasteiger partial charge in [-0.15, -0.1) is 11.3 Å². The molecule has 2 amide bonds. The van der Waals surface area contributed by atoms with Crippen molar-refractivity contribution in [2.45, 2.75) is 13.3 Å². The zero-order valence-electron chi connectivity index (χ0n) is 14.3. The number of aromatic nitrogens is 3. The number of benzene rings is 1. The second kappa shape index (κ2) is 8.39. The van der Waals surface area contributed by atoms with Crippen LogP contribution < -0.4 is 10.6 Å². The van der Waals surface area contributed by atoms with E-state index in [1.54, 1.807) is 11.6 Å². The first-order valence-corrected chi connectivity index (χ1v) is 9.10. The van der Waals surface area contributed by atoms with Crippen molar-refractivity contribution < 1.29 is 9.59 Å². The minimum Gasteiger partial charge on any atom is -0.351 e. The van der Waals surface area contributed by atoms with E-state index in [-0.39, 0.29) is 11.8 Å². The first-order valence-electron chi connectivity index (χ1n) is 8.22.